The number of nitrogens with zero attached hydrogens (tertiary/aromatic N) is 5. The Kier molecular flexibility index (Phi) is 4.34. The van der Waals surface area contributed by atoms with Gasteiger partial charge in [-0.05, 0) is 11.6 Å². The highest BCUT2D eigenvalue weighted by atomic mass is 35.5. The van der Waals surface area contributed by atoms with Crippen molar-refractivity contribution in [3.63, 3.8) is 0 Å². The summed E-state index contributed by atoms with van der Waals surface area (Å²) in [6.45, 7) is 1.85. The molecule has 0 saturated heterocycles. The van der Waals surface area contributed by atoms with Gasteiger partial charge in [0.05, 0.1) is 11.3 Å². The molecule has 0 aliphatic carbocycles. The predicted octanol–water partition coefficient (Wildman–Crippen LogP) is 3.25. The summed E-state index contributed by atoms with van der Waals surface area (Å²) in [6.07, 6.45) is 0.0931. The molecule has 3 aromatic heterocycles. The minimum atomic E-state index is -2.86. The third kappa shape index (κ3) is 3.16. The molecule has 2 N–H and O–H groups in total. The van der Waals surface area contributed by atoms with E-state index in [0.29, 0.717) is 16.4 Å². The minimum Gasteiger partial charge on any atom is -0.415 e. The number of hydrogen-bond donors (Lipinski definition) is 1. The number of hydrogen-bond acceptors (Lipinski definition) is 7. The second kappa shape index (κ2) is 6.44. The maximum atomic E-state index is 12.7. The summed E-state index contributed by atoms with van der Waals surface area (Å²) in [4.78, 5) is 12.1. The molecule has 0 saturated carbocycles. The number of rotatable bonds is 4. The summed E-state index contributed by atoms with van der Waals surface area (Å²) in [6, 6.07) is 3.42. The van der Waals surface area contributed by atoms with Crippen molar-refractivity contribution in [2.45, 2.75) is 19.3 Å². The minimum absolute atomic E-state index is 0.0381. The summed E-state index contributed by atoms with van der Waals surface area (Å²) < 4.78 is 30.3. The van der Waals surface area contributed by atoms with Crippen molar-refractivity contribution < 1.29 is 13.2 Å². The second-order valence-corrected chi connectivity index (χ2v) is 5.30. The molecule has 0 bridgehead atoms. The molecule has 24 heavy (non-hydrogen) atoms. The van der Waals surface area contributed by atoms with Crippen LogP contribution < -0.4 is 5.73 Å². The van der Waals surface area contributed by atoms with Gasteiger partial charge in [0.15, 0.2) is 0 Å². The van der Waals surface area contributed by atoms with E-state index in [2.05, 4.69) is 25.1 Å². The Balaban J connectivity index is 2.06. The zero-order valence-electron chi connectivity index (χ0n) is 12.3. The van der Waals surface area contributed by atoms with Crippen LogP contribution in [0.15, 0.2) is 28.9 Å². The third-order valence-electron chi connectivity index (χ3n) is 3.36. The lowest BCUT2D eigenvalue weighted by atomic mass is 9.96. The molecular weight excluding hydrogens is 342 g/mol. The van der Waals surface area contributed by atoms with E-state index in [0.717, 1.165) is 5.56 Å². The molecule has 0 fully saturated rings. The van der Waals surface area contributed by atoms with Crippen LogP contribution in [0.3, 0.4) is 0 Å². The van der Waals surface area contributed by atoms with Gasteiger partial charge in [0.1, 0.15) is 5.15 Å². The summed E-state index contributed by atoms with van der Waals surface area (Å²) in [7, 11) is 0. The van der Waals surface area contributed by atoms with Crippen LogP contribution >= 0.6 is 11.6 Å². The van der Waals surface area contributed by atoms with Crippen molar-refractivity contribution in [2.24, 2.45) is 0 Å². The van der Waals surface area contributed by atoms with Crippen LogP contribution in [0.1, 0.15) is 36.4 Å². The zero-order valence-corrected chi connectivity index (χ0v) is 13.1. The number of nitrogen functional groups attached to an aromatic ring is 1. The zero-order chi connectivity index (χ0) is 17.3. The summed E-state index contributed by atoms with van der Waals surface area (Å²) in [5, 5.41) is 7.30. The number of nitrogens with two attached hydrogens (primary N) is 1. The molecule has 0 aliphatic heterocycles. The lowest BCUT2D eigenvalue weighted by Gasteiger charge is -2.14. The van der Waals surface area contributed by atoms with Gasteiger partial charge in [-0.25, -0.2) is 15.0 Å². The lowest BCUT2D eigenvalue weighted by molar-refractivity contribution is 0.116. The first-order valence-corrected chi connectivity index (χ1v) is 7.19. The highest BCUT2D eigenvalue weighted by Crippen LogP contribution is 2.32. The Morgan fingerprint density at radius 2 is 1.96 bits per heavy atom. The van der Waals surface area contributed by atoms with E-state index < -0.39 is 12.3 Å². The van der Waals surface area contributed by atoms with Crippen molar-refractivity contribution in [3.05, 3.63) is 46.8 Å². The molecule has 0 amide bonds. The van der Waals surface area contributed by atoms with Crippen LogP contribution in [-0.4, -0.2) is 25.1 Å². The van der Waals surface area contributed by atoms with E-state index in [4.69, 9.17) is 21.8 Å². The molecule has 0 aromatic carbocycles. The van der Waals surface area contributed by atoms with Gasteiger partial charge in [0.25, 0.3) is 11.8 Å². The first-order valence-electron chi connectivity index (χ1n) is 6.81. The van der Waals surface area contributed by atoms with Gasteiger partial charge in [-0.15, -0.1) is 10.2 Å². The average molecular weight is 353 g/mol. The fourth-order valence-corrected chi connectivity index (χ4v) is 2.25. The fourth-order valence-electron chi connectivity index (χ4n) is 2.14. The van der Waals surface area contributed by atoms with Crippen molar-refractivity contribution in [1.82, 2.24) is 25.1 Å². The number of alkyl halides is 2. The summed E-state index contributed by atoms with van der Waals surface area (Å²) >= 11 is 5.79. The summed E-state index contributed by atoms with van der Waals surface area (Å²) in [5.74, 6) is -1.12. The number of anilines is 1. The quantitative estimate of drug-likeness (QED) is 0.718. The van der Waals surface area contributed by atoms with Crippen molar-refractivity contribution >= 4 is 17.5 Å². The van der Waals surface area contributed by atoms with Crippen molar-refractivity contribution in [3.8, 4) is 11.5 Å². The Morgan fingerprint density at radius 1 is 1.17 bits per heavy atom. The molecule has 0 radical (unpaired) electrons. The first-order chi connectivity index (χ1) is 11.5. The van der Waals surface area contributed by atoms with Gasteiger partial charge >= 0.3 is 6.43 Å². The van der Waals surface area contributed by atoms with E-state index in [-0.39, 0.29) is 17.8 Å². The van der Waals surface area contributed by atoms with Crippen LogP contribution in [0.2, 0.25) is 5.15 Å². The number of pyridine rings is 1. The molecular formula is C14H11ClF2N6O. The van der Waals surface area contributed by atoms with Crippen LogP contribution in [0.5, 0.6) is 0 Å². The SMILES string of the molecule is CC(c1ccc(Cl)nc1)c1nc(N)ncc1-c1nnc(C(F)F)o1. The molecule has 1 atom stereocenters. The monoisotopic (exact) mass is 352 g/mol. The van der Waals surface area contributed by atoms with Gasteiger partial charge in [0, 0.05) is 18.3 Å². The van der Waals surface area contributed by atoms with E-state index >= 15 is 0 Å². The molecule has 124 valence electrons. The Hall–Kier alpha value is -2.68. The van der Waals surface area contributed by atoms with Crippen LogP contribution in [0, 0.1) is 0 Å². The maximum Gasteiger partial charge on any atom is 0.314 e. The largest absolute Gasteiger partial charge is 0.415 e. The Morgan fingerprint density at radius 3 is 2.58 bits per heavy atom. The second-order valence-electron chi connectivity index (χ2n) is 4.91. The molecule has 3 aromatic rings. The van der Waals surface area contributed by atoms with Crippen molar-refractivity contribution in [2.75, 3.05) is 5.73 Å². The van der Waals surface area contributed by atoms with E-state index in [1.807, 2.05) is 6.92 Å². The Bertz CT molecular complexity index is 855. The van der Waals surface area contributed by atoms with E-state index in [1.165, 1.54) is 6.20 Å². The standard InChI is InChI=1S/C14H11ClF2N6O/c1-6(7-2-3-9(15)19-4-7)10-8(5-20-14(18)21-10)12-22-23-13(24-12)11(16)17/h2-6,11H,1H3,(H2,18,20,21). The predicted molar refractivity (Wildman–Crippen MR) is 81.5 cm³/mol. The number of halogens is 3. The molecule has 0 spiro atoms. The van der Waals surface area contributed by atoms with Gasteiger partial charge in [-0.3, -0.25) is 0 Å². The average Bonchev–Trinajstić information content (AvgIpc) is 3.05. The molecule has 10 heteroatoms. The fraction of sp³-hybridized carbons (Fsp3) is 0.214. The van der Waals surface area contributed by atoms with Gasteiger partial charge in [0.2, 0.25) is 5.95 Å². The van der Waals surface area contributed by atoms with Crippen LogP contribution in [0.25, 0.3) is 11.5 Å². The smallest absolute Gasteiger partial charge is 0.314 e. The van der Waals surface area contributed by atoms with Gasteiger partial charge in [-0.1, -0.05) is 24.6 Å². The summed E-state index contributed by atoms with van der Waals surface area (Å²) in [5.41, 5.74) is 7.23. The Labute approximate surface area is 139 Å². The van der Waals surface area contributed by atoms with Gasteiger partial charge < -0.3 is 10.2 Å². The normalized spacial score (nSPS) is 12.5. The third-order valence-corrected chi connectivity index (χ3v) is 3.58. The molecule has 1 unspecified atom stereocenters. The molecule has 3 rings (SSSR count). The highest BCUT2D eigenvalue weighted by Gasteiger charge is 2.23. The van der Waals surface area contributed by atoms with Gasteiger partial charge in [-0.2, -0.15) is 8.78 Å². The topological polar surface area (TPSA) is 104 Å². The molecule has 0 aliphatic rings. The lowest BCUT2D eigenvalue weighted by Crippen LogP contribution is -2.06. The highest BCUT2D eigenvalue weighted by molar-refractivity contribution is 6.29. The molecule has 7 nitrogen and oxygen atoms in total. The maximum absolute atomic E-state index is 12.7. The van der Waals surface area contributed by atoms with Crippen molar-refractivity contribution in [1.29, 1.82) is 0 Å². The molecule has 3 heterocycles. The van der Waals surface area contributed by atoms with E-state index in [9.17, 15) is 8.78 Å². The van der Waals surface area contributed by atoms with E-state index in [1.54, 1.807) is 18.3 Å². The van der Waals surface area contributed by atoms with Crippen LogP contribution in [0.4, 0.5) is 14.7 Å². The first kappa shape index (κ1) is 16.2. The van der Waals surface area contributed by atoms with Crippen LogP contribution in [-0.2, 0) is 0 Å². The number of aromatic nitrogens is 5.